The Morgan fingerprint density at radius 1 is 1.29 bits per heavy atom. The van der Waals surface area contributed by atoms with Crippen molar-refractivity contribution in [1.82, 2.24) is 9.97 Å². The van der Waals surface area contributed by atoms with Crippen molar-refractivity contribution in [2.75, 3.05) is 5.32 Å². The van der Waals surface area contributed by atoms with E-state index in [0.29, 0.717) is 5.82 Å². The molecule has 0 saturated carbocycles. The highest BCUT2D eigenvalue weighted by Crippen LogP contribution is 2.10. The van der Waals surface area contributed by atoms with Crippen LogP contribution >= 0.6 is 0 Å². The number of urea groups is 1. The maximum atomic E-state index is 10.5. The number of nitrogens with zero attached hydrogens (tertiary/aromatic N) is 2. The summed E-state index contributed by atoms with van der Waals surface area (Å²) < 4.78 is 0. The van der Waals surface area contributed by atoms with Crippen molar-refractivity contribution in [3.63, 3.8) is 0 Å². The molecule has 5 nitrogen and oxygen atoms in total. The van der Waals surface area contributed by atoms with E-state index < -0.39 is 6.03 Å². The van der Waals surface area contributed by atoms with E-state index >= 15 is 0 Å². The molecule has 0 bridgehead atoms. The smallest absolute Gasteiger partial charge is 0.317 e. The summed E-state index contributed by atoms with van der Waals surface area (Å²) in [4.78, 5) is 18.8. The average Bonchev–Trinajstić information content (AvgIpc) is 2.17. The van der Waals surface area contributed by atoms with Gasteiger partial charge in [0.25, 0.3) is 0 Å². The molecule has 5 heteroatoms. The quantitative estimate of drug-likeness (QED) is 0.703. The summed E-state index contributed by atoms with van der Waals surface area (Å²) in [6.45, 7) is 0. The van der Waals surface area contributed by atoms with Crippen molar-refractivity contribution < 1.29 is 4.79 Å². The predicted molar refractivity (Wildman–Crippen MR) is 52.7 cm³/mol. The van der Waals surface area contributed by atoms with Gasteiger partial charge in [-0.05, 0) is 12.1 Å². The molecule has 0 spiro atoms. The zero-order valence-corrected chi connectivity index (χ0v) is 7.27. The van der Waals surface area contributed by atoms with Crippen LogP contribution in [0.3, 0.4) is 0 Å². The van der Waals surface area contributed by atoms with Gasteiger partial charge in [-0.3, -0.25) is 10.3 Å². The molecule has 70 valence electrons. The van der Waals surface area contributed by atoms with Gasteiger partial charge >= 0.3 is 6.03 Å². The first-order valence-corrected chi connectivity index (χ1v) is 4.04. The van der Waals surface area contributed by atoms with E-state index in [4.69, 9.17) is 5.73 Å². The van der Waals surface area contributed by atoms with Gasteiger partial charge in [-0.25, -0.2) is 9.78 Å². The van der Waals surface area contributed by atoms with Gasteiger partial charge in [0.1, 0.15) is 0 Å². The van der Waals surface area contributed by atoms with Crippen LogP contribution in [0.2, 0.25) is 0 Å². The molecule has 0 radical (unpaired) electrons. The Bertz CT molecular complexity index is 483. The van der Waals surface area contributed by atoms with Crippen molar-refractivity contribution in [1.29, 1.82) is 0 Å². The van der Waals surface area contributed by atoms with Crippen LogP contribution in [0.1, 0.15) is 0 Å². The molecule has 0 saturated heterocycles. The molecule has 0 aliphatic rings. The number of para-hydroxylation sites is 2. The Morgan fingerprint density at radius 3 is 2.71 bits per heavy atom. The van der Waals surface area contributed by atoms with Crippen LogP contribution in [0, 0.1) is 0 Å². The first kappa shape index (κ1) is 8.43. The first-order valence-electron chi connectivity index (χ1n) is 4.04. The van der Waals surface area contributed by atoms with E-state index in [1.54, 1.807) is 0 Å². The maximum absolute atomic E-state index is 10.5. The summed E-state index contributed by atoms with van der Waals surface area (Å²) in [6, 6.07) is 6.74. The highest BCUT2D eigenvalue weighted by atomic mass is 16.2. The number of primary amides is 1. The van der Waals surface area contributed by atoms with Crippen LogP contribution in [0.15, 0.2) is 30.5 Å². The van der Waals surface area contributed by atoms with Gasteiger partial charge in [0.15, 0.2) is 5.82 Å². The van der Waals surface area contributed by atoms with Crippen LogP contribution in [0.4, 0.5) is 10.6 Å². The molecule has 0 unspecified atom stereocenters. The van der Waals surface area contributed by atoms with Gasteiger partial charge in [0.05, 0.1) is 17.2 Å². The largest absolute Gasteiger partial charge is 0.351 e. The fraction of sp³-hybridized carbons (Fsp3) is 0. The summed E-state index contributed by atoms with van der Waals surface area (Å²) in [6.07, 6.45) is 1.47. The second kappa shape index (κ2) is 3.29. The van der Waals surface area contributed by atoms with Gasteiger partial charge in [0, 0.05) is 0 Å². The van der Waals surface area contributed by atoms with E-state index in [2.05, 4.69) is 15.3 Å². The molecule has 0 aliphatic heterocycles. The van der Waals surface area contributed by atoms with Crippen LogP contribution < -0.4 is 11.1 Å². The number of nitrogens with one attached hydrogen (secondary N) is 1. The third-order valence-electron chi connectivity index (χ3n) is 1.70. The molecule has 0 fully saturated rings. The number of aromatic nitrogens is 2. The first-order chi connectivity index (χ1) is 6.75. The topological polar surface area (TPSA) is 80.9 Å². The second-order valence-electron chi connectivity index (χ2n) is 2.73. The summed E-state index contributed by atoms with van der Waals surface area (Å²) in [5.41, 5.74) is 6.45. The van der Waals surface area contributed by atoms with Crippen LogP contribution in [-0.2, 0) is 0 Å². The van der Waals surface area contributed by atoms with E-state index in [0.717, 1.165) is 11.0 Å². The highest BCUT2D eigenvalue weighted by molar-refractivity contribution is 5.87. The predicted octanol–water partition coefficient (Wildman–Crippen LogP) is 1.12. The lowest BCUT2D eigenvalue weighted by molar-refractivity contribution is 0.259. The third kappa shape index (κ3) is 1.61. The minimum Gasteiger partial charge on any atom is -0.351 e. The fourth-order valence-corrected chi connectivity index (χ4v) is 1.14. The molecular formula is C9H8N4O. The lowest BCUT2D eigenvalue weighted by atomic mass is 10.3. The normalized spacial score (nSPS) is 10.0. The van der Waals surface area contributed by atoms with Crippen molar-refractivity contribution >= 4 is 22.9 Å². The molecule has 2 amide bonds. The molecule has 3 N–H and O–H groups in total. The van der Waals surface area contributed by atoms with Gasteiger partial charge < -0.3 is 5.73 Å². The molecule has 2 aromatic rings. The molecule has 1 heterocycles. The Kier molecular flexibility index (Phi) is 1.98. The van der Waals surface area contributed by atoms with Crippen molar-refractivity contribution in [3.05, 3.63) is 30.5 Å². The number of carbonyl (C=O) groups is 1. The monoisotopic (exact) mass is 188 g/mol. The average molecular weight is 188 g/mol. The molecule has 2 rings (SSSR count). The highest BCUT2D eigenvalue weighted by Gasteiger charge is 1.99. The van der Waals surface area contributed by atoms with Crippen LogP contribution in [0.25, 0.3) is 11.0 Å². The van der Waals surface area contributed by atoms with Gasteiger partial charge in [-0.1, -0.05) is 12.1 Å². The summed E-state index contributed by atoms with van der Waals surface area (Å²) in [5.74, 6) is 0.358. The van der Waals surface area contributed by atoms with E-state index in [-0.39, 0.29) is 0 Å². The molecule has 1 aromatic heterocycles. The fourth-order valence-electron chi connectivity index (χ4n) is 1.14. The molecule has 1 aromatic carbocycles. The molecule has 0 aliphatic carbocycles. The summed E-state index contributed by atoms with van der Waals surface area (Å²) in [5, 5.41) is 2.36. The number of hydrogen-bond acceptors (Lipinski definition) is 3. The Morgan fingerprint density at radius 2 is 2.00 bits per heavy atom. The number of fused-ring (bicyclic) bond motifs is 1. The number of rotatable bonds is 1. The van der Waals surface area contributed by atoms with Crippen LogP contribution in [0.5, 0.6) is 0 Å². The van der Waals surface area contributed by atoms with Gasteiger partial charge in [0.2, 0.25) is 0 Å². The van der Waals surface area contributed by atoms with E-state index in [1.807, 2.05) is 24.3 Å². The minimum atomic E-state index is -0.644. The lowest BCUT2D eigenvalue weighted by Gasteiger charge is -2.01. The van der Waals surface area contributed by atoms with Crippen molar-refractivity contribution in [2.24, 2.45) is 5.73 Å². The van der Waals surface area contributed by atoms with Crippen molar-refractivity contribution in [3.8, 4) is 0 Å². The third-order valence-corrected chi connectivity index (χ3v) is 1.70. The number of anilines is 1. The SMILES string of the molecule is NC(=O)Nc1cnc2ccccc2n1. The zero-order valence-electron chi connectivity index (χ0n) is 7.27. The lowest BCUT2D eigenvalue weighted by Crippen LogP contribution is -2.20. The van der Waals surface area contributed by atoms with Gasteiger partial charge in [-0.15, -0.1) is 0 Å². The number of amides is 2. The Hall–Kier alpha value is -2.17. The molecular weight excluding hydrogens is 180 g/mol. The number of benzene rings is 1. The number of nitrogens with two attached hydrogens (primary N) is 1. The van der Waals surface area contributed by atoms with Gasteiger partial charge in [-0.2, -0.15) is 0 Å². The van der Waals surface area contributed by atoms with E-state index in [1.165, 1.54) is 6.20 Å². The molecule has 14 heavy (non-hydrogen) atoms. The van der Waals surface area contributed by atoms with Crippen LogP contribution in [-0.4, -0.2) is 16.0 Å². The van der Waals surface area contributed by atoms with E-state index in [9.17, 15) is 4.79 Å². The Labute approximate surface area is 80.0 Å². The zero-order chi connectivity index (χ0) is 9.97. The standard InChI is InChI=1S/C9H8N4O/c10-9(14)13-8-5-11-6-3-1-2-4-7(6)12-8/h1-5H,(H3,10,12,13,14). The maximum Gasteiger partial charge on any atom is 0.317 e. The van der Waals surface area contributed by atoms with Crippen molar-refractivity contribution in [2.45, 2.75) is 0 Å². The minimum absolute atomic E-state index is 0.358. The Balaban J connectivity index is 2.46. The summed E-state index contributed by atoms with van der Waals surface area (Å²) >= 11 is 0. The molecule has 0 atom stereocenters. The number of hydrogen-bond donors (Lipinski definition) is 2. The number of carbonyl (C=O) groups excluding carboxylic acids is 1. The second-order valence-corrected chi connectivity index (χ2v) is 2.73. The summed E-state index contributed by atoms with van der Waals surface area (Å²) in [7, 11) is 0.